The molecule has 0 unspecified atom stereocenters. The van der Waals surface area contributed by atoms with Gasteiger partial charge in [-0.25, -0.2) is 0 Å². The molecule has 1 saturated carbocycles. The van der Waals surface area contributed by atoms with Gasteiger partial charge in [-0.1, -0.05) is 13.8 Å². The number of rotatable bonds is 2. The van der Waals surface area contributed by atoms with Gasteiger partial charge in [0.05, 0.1) is 11.6 Å². The molecular formula is C9H17NO. The van der Waals surface area contributed by atoms with Crippen molar-refractivity contribution in [2.75, 3.05) is 0 Å². The maximum atomic E-state index is 9.45. The van der Waals surface area contributed by atoms with Gasteiger partial charge in [-0.3, -0.25) is 4.99 Å². The molecule has 1 rings (SSSR count). The topological polar surface area (TPSA) is 32.6 Å². The van der Waals surface area contributed by atoms with Gasteiger partial charge in [0.2, 0.25) is 0 Å². The molecule has 1 N–H and O–H groups in total. The summed E-state index contributed by atoms with van der Waals surface area (Å²) in [5.74, 6) is 0.528. The first-order chi connectivity index (χ1) is 5.11. The van der Waals surface area contributed by atoms with Crippen molar-refractivity contribution in [2.45, 2.75) is 45.3 Å². The number of nitrogens with zero attached hydrogens (tertiary/aromatic N) is 1. The van der Waals surface area contributed by atoms with Crippen LogP contribution in [-0.4, -0.2) is 23.0 Å². The maximum absolute atomic E-state index is 9.45. The highest BCUT2D eigenvalue weighted by atomic mass is 16.3. The van der Waals surface area contributed by atoms with Gasteiger partial charge in [-0.05, 0) is 31.9 Å². The smallest absolute Gasteiger partial charge is 0.0860 e. The standard InChI is InChI=1S/C9H17NO/c1-4-5-10-9(3)7(2)6-8(9)11/h5,7-8,11H,4,6H2,1-3H3/t7-,8-,9-/m1/s1. The summed E-state index contributed by atoms with van der Waals surface area (Å²) in [6.45, 7) is 6.22. The van der Waals surface area contributed by atoms with E-state index in [4.69, 9.17) is 0 Å². The van der Waals surface area contributed by atoms with Crippen LogP contribution >= 0.6 is 0 Å². The van der Waals surface area contributed by atoms with E-state index in [1.54, 1.807) is 0 Å². The van der Waals surface area contributed by atoms with Crippen molar-refractivity contribution < 1.29 is 5.11 Å². The summed E-state index contributed by atoms with van der Waals surface area (Å²) in [6.07, 6.45) is 3.53. The van der Waals surface area contributed by atoms with Crippen molar-refractivity contribution >= 4 is 6.21 Å². The SMILES string of the molecule is CCC=N[C@]1(C)[C@H](C)C[C@H]1O. The summed E-state index contributed by atoms with van der Waals surface area (Å²) < 4.78 is 0. The zero-order chi connectivity index (χ0) is 8.48. The lowest BCUT2D eigenvalue weighted by atomic mass is 9.67. The molecule has 64 valence electrons. The van der Waals surface area contributed by atoms with E-state index in [-0.39, 0.29) is 11.6 Å². The number of hydrogen-bond donors (Lipinski definition) is 1. The highest BCUT2D eigenvalue weighted by Crippen LogP contribution is 2.41. The molecule has 0 aromatic carbocycles. The second-order valence-electron chi connectivity index (χ2n) is 3.60. The molecule has 0 spiro atoms. The van der Waals surface area contributed by atoms with E-state index >= 15 is 0 Å². The van der Waals surface area contributed by atoms with Crippen LogP contribution in [0.3, 0.4) is 0 Å². The minimum atomic E-state index is -0.222. The predicted molar refractivity (Wildman–Crippen MR) is 47.0 cm³/mol. The molecule has 2 heteroatoms. The molecule has 0 saturated heterocycles. The van der Waals surface area contributed by atoms with Crippen molar-refractivity contribution in [1.82, 2.24) is 0 Å². The van der Waals surface area contributed by atoms with E-state index in [1.807, 2.05) is 13.1 Å². The van der Waals surface area contributed by atoms with Gasteiger partial charge in [0, 0.05) is 0 Å². The Morgan fingerprint density at radius 3 is 2.73 bits per heavy atom. The number of aliphatic hydroxyl groups excluding tert-OH is 1. The summed E-state index contributed by atoms with van der Waals surface area (Å²) in [6, 6.07) is 0. The molecule has 0 amide bonds. The monoisotopic (exact) mass is 155 g/mol. The molecule has 0 aromatic rings. The zero-order valence-electron chi connectivity index (χ0n) is 7.54. The largest absolute Gasteiger partial charge is 0.391 e. The molecule has 1 fully saturated rings. The van der Waals surface area contributed by atoms with E-state index in [9.17, 15) is 5.11 Å². The van der Waals surface area contributed by atoms with Crippen LogP contribution in [0.15, 0.2) is 4.99 Å². The Labute approximate surface area is 68.3 Å². The minimum absolute atomic E-state index is 0.185. The van der Waals surface area contributed by atoms with Crippen LogP contribution < -0.4 is 0 Å². The van der Waals surface area contributed by atoms with Gasteiger partial charge in [0.1, 0.15) is 0 Å². The van der Waals surface area contributed by atoms with E-state index in [1.165, 1.54) is 0 Å². The van der Waals surface area contributed by atoms with Crippen LogP contribution in [0.1, 0.15) is 33.6 Å². The summed E-state index contributed by atoms with van der Waals surface area (Å²) in [7, 11) is 0. The summed E-state index contributed by atoms with van der Waals surface area (Å²) >= 11 is 0. The third-order valence-electron chi connectivity index (χ3n) is 2.80. The van der Waals surface area contributed by atoms with Crippen molar-refractivity contribution in [3.63, 3.8) is 0 Å². The molecule has 0 heterocycles. The van der Waals surface area contributed by atoms with Crippen molar-refractivity contribution in [3.05, 3.63) is 0 Å². The molecule has 2 nitrogen and oxygen atoms in total. The molecule has 3 atom stereocenters. The van der Waals surface area contributed by atoms with Gasteiger partial charge in [-0.2, -0.15) is 0 Å². The summed E-state index contributed by atoms with van der Waals surface area (Å²) in [5, 5.41) is 9.45. The molecule has 1 aliphatic rings. The quantitative estimate of drug-likeness (QED) is 0.604. The molecule has 0 aromatic heterocycles. The average Bonchev–Trinajstić information content (AvgIpc) is 2.01. The fourth-order valence-electron chi connectivity index (χ4n) is 1.48. The van der Waals surface area contributed by atoms with Gasteiger partial charge in [0.25, 0.3) is 0 Å². The first kappa shape index (κ1) is 8.72. The summed E-state index contributed by atoms with van der Waals surface area (Å²) in [5.41, 5.74) is -0.185. The first-order valence-corrected chi connectivity index (χ1v) is 4.33. The van der Waals surface area contributed by atoms with Gasteiger partial charge in [-0.15, -0.1) is 0 Å². The molecular weight excluding hydrogens is 138 g/mol. The molecule has 0 aliphatic heterocycles. The van der Waals surface area contributed by atoms with Crippen molar-refractivity contribution in [3.8, 4) is 0 Å². The fraction of sp³-hybridized carbons (Fsp3) is 0.889. The lowest BCUT2D eigenvalue weighted by Crippen LogP contribution is -2.54. The maximum Gasteiger partial charge on any atom is 0.0860 e. The van der Waals surface area contributed by atoms with Crippen LogP contribution in [0.25, 0.3) is 0 Å². The third kappa shape index (κ3) is 1.32. The summed E-state index contributed by atoms with van der Waals surface area (Å²) in [4.78, 5) is 4.37. The normalized spacial score (nSPS) is 44.4. The second kappa shape index (κ2) is 2.94. The fourth-order valence-corrected chi connectivity index (χ4v) is 1.48. The zero-order valence-corrected chi connectivity index (χ0v) is 7.54. The van der Waals surface area contributed by atoms with E-state index < -0.39 is 0 Å². The number of aliphatic hydroxyl groups is 1. The molecule has 1 aliphatic carbocycles. The van der Waals surface area contributed by atoms with E-state index in [0.717, 1.165) is 12.8 Å². The Morgan fingerprint density at radius 1 is 1.73 bits per heavy atom. The van der Waals surface area contributed by atoms with Gasteiger partial charge in [0.15, 0.2) is 0 Å². The minimum Gasteiger partial charge on any atom is -0.391 e. The van der Waals surface area contributed by atoms with E-state index in [2.05, 4.69) is 18.8 Å². The van der Waals surface area contributed by atoms with Crippen molar-refractivity contribution in [2.24, 2.45) is 10.9 Å². The Balaban J connectivity index is 2.58. The predicted octanol–water partition coefficient (Wildman–Crippen LogP) is 1.63. The van der Waals surface area contributed by atoms with Crippen LogP contribution in [0.5, 0.6) is 0 Å². The lowest BCUT2D eigenvalue weighted by molar-refractivity contribution is -0.0364. The Morgan fingerprint density at radius 2 is 2.36 bits per heavy atom. The Hall–Kier alpha value is -0.370. The average molecular weight is 155 g/mol. The first-order valence-electron chi connectivity index (χ1n) is 4.33. The number of aliphatic imine (C=N–C) groups is 1. The molecule has 11 heavy (non-hydrogen) atoms. The van der Waals surface area contributed by atoms with Crippen LogP contribution in [0.2, 0.25) is 0 Å². The van der Waals surface area contributed by atoms with E-state index in [0.29, 0.717) is 5.92 Å². The van der Waals surface area contributed by atoms with Crippen LogP contribution in [0.4, 0.5) is 0 Å². The van der Waals surface area contributed by atoms with Gasteiger partial charge < -0.3 is 5.11 Å². The van der Waals surface area contributed by atoms with Gasteiger partial charge >= 0.3 is 0 Å². The highest BCUT2D eigenvalue weighted by molar-refractivity contribution is 5.57. The van der Waals surface area contributed by atoms with Crippen LogP contribution in [-0.2, 0) is 0 Å². The third-order valence-corrected chi connectivity index (χ3v) is 2.80. The lowest BCUT2D eigenvalue weighted by Gasteiger charge is -2.47. The van der Waals surface area contributed by atoms with Crippen molar-refractivity contribution in [1.29, 1.82) is 0 Å². The Kier molecular flexibility index (Phi) is 2.33. The number of hydrogen-bond acceptors (Lipinski definition) is 2. The van der Waals surface area contributed by atoms with Crippen LogP contribution in [0, 0.1) is 5.92 Å². The highest BCUT2D eigenvalue weighted by Gasteiger charge is 2.47. The molecule has 0 radical (unpaired) electrons. The molecule has 0 bridgehead atoms. The Bertz CT molecular complexity index is 157. The second-order valence-corrected chi connectivity index (χ2v) is 3.60.